The van der Waals surface area contributed by atoms with Crippen LogP contribution in [-0.2, 0) is 0 Å². The first-order valence-corrected chi connectivity index (χ1v) is 7.87. The highest BCUT2D eigenvalue weighted by Gasteiger charge is 2.35. The van der Waals surface area contributed by atoms with Gasteiger partial charge in [0, 0.05) is 31.2 Å². The molecule has 1 heterocycles. The molecule has 0 aromatic rings. The standard InChI is InChI=1S/C15H28N2/c1-2-12-5-3-4-6-15(12)17-10-9-14(11-17)16-13-7-8-13/h12-16H,2-11H2,1H3. The second-order valence-electron chi connectivity index (χ2n) is 6.44. The monoisotopic (exact) mass is 236 g/mol. The number of likely N-dealkylation sites (tertiary alicyclic amines) is 1. The highest BCUT2D eigenvalue weighted by atomic mass is 15.2. The Hall–Kier alpha value is -0.0800. The maximum absolute atomic E-state index is 3.81. The first kappa shape index (κ1) is 12.0. The van der Waals surface area contributed by atoms with E-state index in [9.17, 15) is 0 Å². The number of rotatable bonds is 4. The lowest BCUT2D eigenvalue weighted by Crippen LogP contribution is -2.43. The minimum absolute atomic E-state index is 0.807. The molecule has 0 radical (unpaired) electrons. The molecule has 3 atom stereocenters. The van der Waals surface area contributed by atoms with E-state index in [4.69, 9.17) is 0 Å². The fourth-order valence-electron chi connectivity index (χ4n) is 3.95. The van der Waals surface area contributed by atoms with Gasteiger partial charge in [0.2, 0.25) is 0 Å². The second-order valence-corrected chi connectivity index (χ2v) is 6.44. The van der Waals surface area contributed by atoms with E-state index in [1.54, 1.807) is 0 Å². The van der Waals surface area contributed by atoms with Gasteiger partial charge in [-0.1, -0.05) is 26.2 Å². The summed E-state index contributed by atoms with van der Waals surface area (Å²) in [6.45, 7) is 5.07. The molecule has 1 aliphatic heterocycles. The highest BCUT2D eigenvalue weighted by Crippen LogP contribution is 2.33. The van der Waals surface area contributed by atoms with E-state index in [1.807, 2.05) is 0 Å². The quantitative estimate of drug-likeness (QED) is 0.807. The minimum atomic E-state index is 0.807. The third-order valence-electron chi connectivity index (χ3n) is 5.13. The van der Waals surface area contributed by atoms with Gasteiger partial charge in [-0.15, -0.1) is 0 Å². The smallest absolute Gasteiger partial charge is 0.0209 e. The van der Waals surface area contributed by atoms with E-state index < -0.39 is 0 Å². The lowest BCUT2D eigenvalue weighted by molar-refractivity contribution is 0.123. The summed E-state index contributed by atoms with van der Waals surface area (Å²) in [6.07, 6.45) is 11.5. The fourth-order valence-corrected chi connectivity index (χ4v) is 3.95. The Bertz CT molecular complexity index is 249. The van der Waals surface area contributed by atoms with E-state index >= 15 is 0 Å². The van der Waals surface area contributed by atoms with Crippen molar-refractivity contribution in [3.8, 4) is 0 Å². The van der Waals surface area contributed by atoms with Crippen molar-refractivity contribution in [3.05, 3.63) is 0 Å². The summed E-state index contributed by atoms with van der Waals surface area (Å²) in [5.74, 6) is 0.989. The summed E-state index contributed by atoms with van der Waals surface area (Å²) in [6, 6.07) is 2.61. The van der Waals surface area contributed by atoms with Crippen molar-refractivity contribution in [2.45, 2.75) is 76.4 Å². The van der Waals surface area contributed by atoms with Gasteiger partial charge in [-0.05, 0) is 38.0 Å². The van der Waals surface area contributed by atoms with Crippen molar-refractivity contribution in [1.82, 2.24) is 10.2 Å². The van der Waals surface area contributed by atoms with E-state index in [1.165, 1.54) is 64.5 Å². The molecule has 1 N–H and O–H groups in total. The van der Waals surface area contributed by atoms with E-state index in [-0.39, 0.29) is 0 Å². The Morgan fingerprint density at radius 2 is 1.82 bits per heavy atom. The lowest BCUT2D eigenvalue weighted by Gasteiger charge is -2.37. The number of hydrogen-bond acceptors (Lipinski definition) is 2. The van der Waals surface area contributed by atoms with Crippen LogP contribution in [0.3, 0.4) is 0 Å². The van der Waals surface area contributed by atoms with Crippen LogP contribution in [0.15, 0.2) is 0 Å². The van der Waals surface area contributed by atoms with E-state index in [0.29, 0.717) is 0 Å². The zero-order valence-corrected chi connectivity index (χ0v) is 11.3. The first-order chi connectivity index (χ1) is 8.36. The fraction of sp³-hybridized carbons (Fsp3) is 1.00. The van der Waals surface area contributed by atoms with Gasteiger partial charge < -0.3 is 5.32 Å². The van der Waals surface area contributed by atoms with Gasteiger partial charge in [0.1, 0.15) is 0 Å². The van der Waals surface area contributed by atoms with Crippen molar-refractivity contribution in [2.75, 3.05) is 13.1 Å². The maximum Gasteiger partial charge on any atom is 0.0209 e. The SMILES string of the molecule is CCC1CCCCC1N1CCC(NC2CC2)C1. The van der Waals surface area contributed by atoms with Crippen LogP contribution < -0.4 is 5.32 Å². The topological polar surface area (TPSA) is 15.3 Å². The van der Waals surface area contributed by atoms with Crippen LogP contribution in [0.1, 0.15) is 58.3 Å². The van der Waals surface area contributed by atoms with Gasteiger partial charge in [-0.25, -0.2) is 0 Å². The zero-order valence-electron chi connectivity index (χ0n) is 11.3. The normalized spacial score (nSPS) is 39.7. The molecule has 17 heavy (non-hydrogen) atoms. The summed E-state index contributed by atoms with van der Waals surface area (Å²) in [5.41, 5.74) is 0. The van der Waals surface area contributed by atoms with Gasteiger partial charge in [0.05, 0.1) is 0 Å². The van der Waals surface area contributed by atoms with Crippen LogP contribution in [0.4, 0.5) is 0 Å². The van der Waals surface area contributed by atoms with Gasteiger partial charge in [0.25, 0.3) is 0 Å². The van der Waals surface area contributed by atoms with Crippen LogP contribution in [-0.4, -0.2) is 36.1 Å². The molecule has 98 valence electrons. The Labute approximate surface area is 106 Å². The molecule has 0 bridgehead atoms. The van der Waals surface area contributed by atoms with Crippen LogP contribution in [0.25, 0.3) is 0 Å². The molecule has 2 saturated carbocycles. The summed E-state index contributed by atoms with van der Waals surface area (Å²) in [4.78, 5) is 2.81. The number of nitrogens with one attached hydrogen (secondary N) is 1. The predicted octanol–water partition coefficient (Wildman–Crippen LogP) is 2.78. The van der Waals surface area contributed by atoms with E-state index in [0.717, 1.165) is 24.0 Å². The molecule has 3 unspecified atom stereocenters. The maximum atomic E-state index is 3.81. The molecule has 2 aliphatic carbocycles. The van der Waals surface area contributed by atoms with Crippen LogP contribution in [0.2, 0.25) is 0 Å². The Balaban J connectivity index is 1.52. The molecule has 2 nitrogen and oxygen atoms in total. The van der Waals surface area contributed by atoms with Crippen LogP contribution >= 0.6 is 0 Å². The molecule has 0 aromatic carbocycles. The van der Waals surface area contributed by atoms with Crippen LogP contribution in [0.5, 0.6) is 0 Å². The molecular formula is C15H28N2. The third kappa shape index (κ3) is 2.85. The summed E-state index contributed by atoms with van der Waals surface area (Å²) in [7, 11) is 0. The third-order valence-corrected chi connectivity index (χ3v) is 5.13. The van der Waals surface area contributed by atoms with Gasteiger partial charge in [0.15, 0.2) is 0 Å². The van der Waals surface area contributed by atoms with Gasteiger partial charge in [-0.3, -0.25) is 4.90 Å². The Morgan fingerprint density at radius 3 is 2.59 bits per heavy atom. The summed E-state index contributed by atoms with van der Waals surface area (Å²) < 4.78 is 0. The molecule has 0 spiro atoms. The zero-order chi connectivity index (χ0) is 11.7. The van der Waals surface area contributed by atoms with Gasteiger partial charge in [-0.2, -0.15) is 0 Å². The van der Waals surface area contributed by atoms with E-state index in [2.05, 4.69) is 17.1 Å². The first-order valence-electron chi connectivity index (χ1n) is 7.87. The molecule has 0 amide bonds. The molecule has 3 fully saturated rings. The Morgan fingerprint density at radius 1 is 1.00 bits per heavy atom. The van der Waals surface area contributed by atoms with Crippen LogP contribution in [0, 0.1) is 5.92 Å². The lowest BCUT2D eigenvalue weighted by atomic mass is 9.82. The number of nitrogens with zero attached hydrogens (tertiary/aromatic N) is 1. The average Bonchev–Trinajstić information content (AvgIpc) is 3.05. The van der Waals surface area contributed by atoms with Crippen molar-refractivity contribution in [1.29, 1.82) is 0 Å². The molecule has 3 aliphatic rings. The largest absolute Gasteiger partial charge is 0.310 e. The Kier molecular flexibility index (Phi) is 3.72. The van der Waals surface area contributed by atoms with Crippen molar-refractivity contribution < 1.29 is 0 Å². The van der Waals surface area contributed by atoms with Gasteiger partial charge >= 0.3 is 0 Å². The molecule has 0 aromatic heterocycles. The predicted molar refractivity (Wildman–Crippen MR) is 72.2 cm³/mol. The average molecular weight is 236 g/mol. The number of hydrogen-bond donors (Lipinski definition) is 1. The summed E-state index contributed by atoms with van der Waals surface area (Å²) >= 11 is 0. The molecule has 3 rings (SSSR count). The molecule has 1 saturated heterocycles. The molecular weight excluding hydrogens is 208 g/mol. The molecule has 2 heteroatoms. The van der Waals surface area contributed by atoms with Crippen molar-refractivity contribution in [3.63, 3.8) is 0 Å². The highest BCUT2D eigenvalue weighted by molar-refractivity contribution is 4.93. The minimum Gasteiger partial charge on any atom is -0.310 e. The second kappa shape index (κ2) is 5.27. The van der Waals surface area contributed by atoms with Crippen molar-refractivity contribution in [2.24, 2.45) is 5.92 Å². The summed E-state index contributed by atoms with van der Waals surface area (Å²) in [5, 5.41) is 3.81. The van der Waals surface area contributed by atoms with Crippen molar-refractivity contribution >= 4 is 0 Å².